The number of carbonyl (C=O) groups excluding carboxylic acids is 1. The Morgan fingerprint density at radius 1 is 1.38 bits per heavy atom. The topological polar surface area (TPSA) is 99.9 Å². The van der Waals surface area contributed by atoms with Crippen molar-refractivity contribution in [3.8, 4) is 6.07 Å². The van der Waals surface area contributed by atoms with Gasteiger partial charge in [0.15, 0.2) is 0 Å². The summed E-state index contributed by atoms with van der Waals surface area (Å²) in [6.07, 6.45) is 5.28. The molecule has 2 aromatic rings. The number of ether oxygens (including phenoxy) is 1. The number of aromatic nitrogens is 2. The summed E-state index contributed by atoms with van der Waals surface area (Å²) in [7, 11) is 0. The van der Waals surface area contributed by atoms with E-state index in [1.807, 2.05) is 6.07 Å². The number of rotatable bonds is 5. The van der Waals surface area contributed by atoms with Gasteiger partial charge in [0.05, 0.1) is 30.1 Å². The molecule has 0 saturated carbocycles. The lowest BCUT2D eigenvalue weighted by molar-refractivity contribution is 0.102. The lowest BCUT2D eigenvalue weighted by Crippen LogP contribution is -2.19. The average Bonchev–Trinajstić information content (AvgIpc) is 3.14. The molecule has 0 aliphatic carbocycles. The van der Waals surface area contributed by atoms with Crippen molar-refractivity contribution < 1.29 is 9.53 Å². The first-order valence-electron chi connectivity index (χ1n) is 7.73. The molecule has 3 rings (SSSR count). The molecular formula is C17H17N5O2. The fourth-order valence-electron chi connectivity index (χ4n) is 2.42. The van der Waals surface area contributed by atoms with Crippen molar-refractivity contribution in [3.63, 3.8) is 0 Å². The highest BCUT2D eigenvalue weighted by atomic mass is 16.5. The van der Waals surface area contributed by atoms with E-state index in [1.54, 1.807) is 24.3 Å². The molecule has 1 unspecified atom stereocenters. The zero-order chi connectivity index (χ0) is 16.8. The number of anilines is 2. The lowest BCUT2D eigenvalue weighted by Gasteiger charge is -2.11. The second-order valence-electron chi connectivity index (χ2n) is 5.45. The summed E-state index contributed by atoms with van der Waals surface area (Å²) in [5.74, 6) is 0.233. The van der Waals surface area contributed by atoms with Crippen LogP contribution in [0.4, 0.5) is 11.5 Å². The highest BCUT2D eigenvalue weighted by Gasteiger charge is 2.15. The maximum atomic E-state index is 12.2. The highest BCUT2D eigenvalue weighted by Crippen LogP contribution is 2.13. The van der Waals surface area contributed by atoms with Crippen molar-refractivity contribution in [1.29, 1.82) is 5.26 Å². The summed E-state index contributed by atoms with van der Waals surface area (Å²) >= 11 is 0. The number of benzene rings is 1. The minimum absolute atomic E-state index is 0.208. The van der Waals surface area contributed by atoms with Gasteiger partial charge in [-0.3, -0.25) is 4.79 Å². The lowest BCUT2D eigenvalue weighted by atomic mass is 10.2. The molecule has 122 valence electrons. The van der Waals surface area contributed by atoms with Gasteiger partial charge in [0, 0.05) is 18.8 Å². The van der Waals surface area contributed by atoms with Crippen LogP contribution < -0.4 is 10.6 Å². The van der Waals surface area contributed by atoms with Crippen LogP contribution in [-0.4, -0.2) is 35.1 Å². The molecule has 1 aliphatic rings. The van der Waals surface area contributed by atoms with Gasteiger partial charge in [0.25, 0.3) is 5.91 Å². The second kappa shape index (κ2) is 7.53. The van der Waals surface area contributed by atoms with Crippen LogP contribution in [0.2, 0.25) is 0 Å². The molecule has 1 aromatic carbocycles. The van der Waals surface area contributed by atoms with Crippen molar-refractivity contribution in [2.24, 2.45) is 0 Å². The number of carbonyl (C=O) groups is 1. The van der Waals surface area contributed by atoms with Crippen LogP contribution in [0.25, 0.3) is 0 Å². The van der Waals surface area contributed by atoms with Crippen molar-refractivity contribution in [2.75, 3.05) is 23.8 Å². The zero-order valence-corrected chi connectivity index (χ0v) is 13.0. The Hall–Kier alpha value is -2.98. The van der Waals surface area contributed by atoms with E-state index in [4.69, 9.17) is 10.00 Å². The fourth-order valence-corrected chi connectivity index (χ4v) is 2.42. The molecule has 7 nitrogen and oxygen atoms in total. The Labute approximate surface area is 139 Å². The molecule has 2 N–H and O–H groups in total. The molecule has 24 heavy (non-hydrogen) atoms. The average molecular weight is 323 g/mol. The van der Waals surface area contributed by atoms with Gasteiger partial charge in [-0.05, 0) is 31.0 Å². The highest BCUT2D eigenvalue weighted by molar-refractivity contribution is 6.02. The number of nitrogens with one attached hydrogen (secondary N) is 2. The first-order chi connectivity index (χ1) is 11.7. The fraction of sp³-hybridized carbons (Fsp3) is 0.294. The van der Waals surface area contributed by atoms with Crippen molar-refractivity contribution in [3.05, 3.63) is 47.9 Å². The quantitative estimate of drug-likeness (QED) is 0.875. The predicted molar refractivity (Wildman–Crippen MR) is 88.6 cm³/mol. The number of nitrogens with zero attached hydrogens (tertiary/aromatic N) is 3. The molecule has 1 aromatic heterocycles. The Balaban J connectivity index is 1.57. The summed E-state index contributed by atoms with van der Waals surface area (Å²) in [6, 6.07) is 8.72. The third-order valence-electron chi connectivity index (χ3n) is 3.67. The van der Waals surface area contributed by atoms with Crippen LogP contribution in [0.15, 0.2) is 36.7 Å². The van der Waals surface area contributed by atoms with Gasteiger partial charge >= 0.3 is 0 Å². The summed E-state index contributed by atoms with van der Waals surface area (Å²) in [4.78, 5) is 20.5. The minimum Gasteiger partial charge on any atom is -0.376 e. The number of hydrogen-bond acceptors (Lipinski definition) is 6. The van der Waals surface area contributed by atoms with Crippen LogP contribution in [0.1, 0.15) is 28.9 Å². The summed E-state index contributed by atoms with van der Waals surface area (Å²) in [5, 5.41) is 14.7. The third-order valence-corrected chi connectivity index (χ3v) is 3.67. The molecule has 1 aliphatic heterocycles. The normalized spacial score (nSPS) is 16.4. The molecule has 0 radical (unpaired) electrons. The largest absolute Gasteiger partial charge is 0.376 e. The number of nitriles is 1. The van der Waals surface area contributed by atoms with Crippen LogP contribution in [0.5, 0.6) is 0 Å². The Kier molecular flexibility index (Phi) is 4.99. The van der Waals surface area contributed by atoms with Gasteiger partial charge in [-0.2, -0.15) is 5.26 Å². The summed E-state index contributed by atoms with van der Waals surface area (Å²) in [6.45, 7) is 1.49. The minimum atomic E-state index is -0.372. The van der Waals surface area contributed by atoms with Crippen LogP contribution in [0.3, 0.4) is 0 Å². The molecule has 0 spiro atoms. The predicted octanol–water partition coefficient (Wildman–Crippen LogP) is 2.19. The van der Waals surface area contributed by atoms with E-state index in [0.717, 1.165) is 19.4 Å². The maximum Gasteiger partial charge on any atom is 0.275 e. The third kappa shape index (κ3) is 4.06. The first-order valence-corrected chi connectivity index (χ1v) is 7.73. The van der Waals surface area contributed by atoms with E-state index in [2.05, 4.69) is 20.6 Å². The van der Waals surface area contributed by atoms with Crippen LogP contribution in [0, 0.1) is 11.3 Å². The van der Waals surface area contributed by atoms with E-state index in [0.29, 0.717) is 23.6 Å². The van der Waals surface area contributed by atoms with Crippen LogP contribution >= 0.6 is 0 Å². The Morgan fingerprint density at radius 3 is 3.00 bits per heavy atom. The van der Waals surface area contributed by atoms with Crippen molar-refractivity contribution in [2.45, 2.75) is 18.9 Å². The van der Waals surface area contributed by atoms with E-state index in [9.17, 15) is 4.79 Å². The molecule has 1 amide bonds. The van der Waals surface area contributed by atoms with Gasteiger partial charge in [-0.25, -0.2) is 9.97 Å². The molecular weight excluding hydrogens is 306 g/mol. The summed E-state index contributed by atoms with van der Waals surface area (Å²) < 4.78 is 5.52. The standard InChI is InChI=1S/C17H17N5O2/c18-8-12-3-1-4-13(7-12)22-17(23)15-10-21-16(11-19-15)20-9-14-5-2-6-24-14/h1,3-4,7,10-11,14H,2,5-6,9H2,(H,20,21)(H,22,23). The molecule has 0 bridgehead atoms. The molecule has 1 atom stereocenters. The molecule has 1 fully saturated rings. The SMILES string of the molecule is N#Cc1cccc(NC(=O)c2cnc(NCC3CCCO3)cn2)c1. The van der Waals surface area contributed by atoms with Gasteiger partial charge in [-0.15, -0.1) is 0 Å². The number of hydrogen-bond donors (Lipinski definition) is 2. The smallest absolute Gasteiger partial charge is 0.275 e. The van der Waals surface area contributed by atoms with E-state index < -0.39 is 0 Å². The van der Waals surface area contributed by atoms with Crippen molar-refractivity contribution >= 4 is 17.4 Å². The van der Waals surface area contributed by atoms with Crippen LogP contribution in [-0.2, 0) is 4.74 Å². The molecule has 7 heteroatoms. The second-order valence-corrected chi connectivity index (χ2v) is 5.45. The van der Waals surface area contributed by atoms with Gasteiger partial charge in [0.2, 0.25) is 0 Å². The summed E-state index contributed by atoms with van der Waals surface area (Å²) in [5.41, 5.74) is 1.23. The molecule has 2 heterocycles. The van der Waals surface area contributed by atoms with Gasteiger partial charge in [0.1, 0.15) is 11.5 Å². The van der Waals surface area contributed by atoms with Crippen molar-refractivity contribution in [1.82, 2.24) is 9.97 Å². The van der Waals surface area contributed by atoms with Gasteiger partial charge in [-0.1, -0.05) is 6.07 Å². The van der Waals surface area contributed by atoms with Gasteiger partial charge < -0.3 is 15.4 Å². The Bertz CT molecular complexity index is 748. The zero-order valence-electron chi connectivity index (χ0n) is 13.0. The van der Waals surface area contributed by atoms with E-state index in [-0.39, 0.29) is 17.7 Å². The number of amides is 1. The van der Waals surface area contributed by atoms with E-state index >= 15 is 0 Å². The monoisotopic (exact) mass is 323 g/mol. The van der Waals surface area contributed by atoms with E-state index in [1.165, 1.54) is 12.4 Å². The Morgan fingerprint density at radius 2 is 2.29 bits per heavy atom. The molecule has 1 saturated heterocycles. The maximum absolute atomic E-state index is 12.2. The first kappa shape index (κ1) is 15.9.